The molecule has 4 rings (SSSR count). The minimum atomic E-state index is -0.268. The van der Waals surface area contributed by atoms with Gasteiger partial charge in [0.05, 0.1) is 11.0 Å². The Morgan fingerprint density at radius 1 is 1.13 bits per heavy atom. The van der Waals surface area contributed by atoms with Gasteiger partial charge in [0, 0.05) is 33.9 Å². The number of halogens is 1. The fourth-order valence-electron chi connectivity index (χ4n) is 2.63. The first-order valence-electron chi connectivity index (χ1n) is 7.25. The number of aryl methyl sites for hydroxylation is 2. The van der Waals surface area contributed by atoms with Crippen molar-refractivity contribution in [3.05, 3.63) is 53.6 Å². The highest BCUT2D eigenvalue weighted by atomic mass is 19.1. The van der Waals surface area contributed by atoms with E-state index in [9.17, 15) is 4.39 Å². The largest absolute Gasteiger partial charge is 0.324 e. The molecule has 4 aromatic rings. The van der Waals surface area contributed by atoms with E-state index >= 15 is 0 Å². The van der Waals surface area contributed by atoms with E-state index in [1.54, 1.807) is 19.2 Å². The van der Waals surface area contributed by atoms with Crippen molar-refractivity contribution in [1.29, 1.82) is 0 Å². The summed E-state index contributed by atoms with van der Waals surface area (Å²) in [6.07, 6.45) is 1.69. The van der Waals surface area contributed by atoms with E-state index in [1.807, 2.05) is 25.1 Å². The molecular formula is C17H14FN5. The molecule has 2 aromatic heterocycles. The second kappa shape index (κ2) is 5.01. The number of aromatic nitrogens is 4. The van der Waals surface area contributed by atoms with Crippen LogP contribution in [0.5, 0.6) is 0 Å². The summed E-state index contributed by atoms with van der Waals surface area (Å²) in [6.45, 7) is 3.69. The van der Waals surface area contributed by atoms with Gasteiger partial charge >= 0.3 is 0 Å². The Morgan fingerprint density at radius 2 is 2.00 bits per heavy atom. The summed E-state index contributed by atoms with van der Waals surface area (Å²) in [7, 11) is 0. The monoisotopic (exact) mass is 307 g/mol. The van der Waals surface area contributed by atoms with Crippen LogP contribution in [0.15, 0.2) is 36.5 Å². The lowest BCUT2D eigenvalue weighted by Crippen LogP contribution is -1.98. The first-order chi connectivity index (χ1) is 11.1. The summed E-state index contributed by atoms with van der Waals surface area (Å²) in [5, 5.41) is 12.2. The predicted octanol–water partition coefficient (Wildman–Crippen LogP) is 4.01. The van der Waals surface area contributed by atoms with E-state index in [0.717, 1.165) is 27.7 Å². The van der Waals surface area contributed by atoms with Crippen LogP contribution < -0.4 is 5.32 Å². The number of rotatable bonds is 2. The zero-order valence-corrected chi connectivity index (χ0v) is 12.7. The van der Waals surface area contributed by atoms with Gasteiger partial charge in [-0.3, -0.25) is 5.10 Å². The molecule has 0 atom stereocenters. The molecule has 0 radical (unpaired) electrons. The molecule has 0 bridgehead atoms. The number of aromatic amines is 1. The van der Waals surface area contributed by atoms with Gasteiger partial charge in [0.2, 0.25) is 5.95 Å². The van der Waals surface area contributed by atoms with Crippen LogP contribution in [0, 0.1) is 19.7 Å². The Labute approximate surface area is 131 Å². The maximum absolute atomic E-state index is 13.7. The van der Waals surface area contributed by atoms with Crippen LogP contribution >= 0.6 is 0 Å². The molecule has 114 valence electrons. The molecule has 0 aliphatic rings. The molecule has 0 unspecified atom stereocenters. The van der Waals surface area contributed by atoms with E-state index in [1.165, 1.54) is 6.07 Å². The van der Waals surface area contributed by atoms with Crippen molar-refractivity contribution >= 4 is 33.4 Å². The number of hydrogen-bond donors (Lipinski definition) is 2. The van der Waals surface area contributed by atoms with Crippen LogP contribution in [0.4, 0.5) is 16.0 Å². The molecule has 2 N–H and O–H groups in total. The molecule has 5 nitrogen and oxygen atoms in total. The van der Waals surface area contributed by atoms with Gasteiger partial charge in [0.1, 0.15) is 5.82 Å². The van der Waals surface area contributed by atoms with E-state index in [-0.39, 0.29) is 5.82 Å². The number of nitrogens with zero attached hydrogens (tertiary/aromatic N) is 3. The summed E-state index contributed by atoms with van der Waals surface area (Å²) < 4.78 is 13.7. The van der Waals surface area contributed by atoms with Crippen molar-refractivity contribution < 1.29 is 4.39 Å². The maximum Gasteiger partial charge on any atom is 0.227 e. The smallest absolute Gasteiger partial charge is 0.227 e. The summed E-state index contributed by atoms with van der Waals surface area (Å²) in [6, 6.07) is 8.96. The lowest BCUT2D eigenvalue weighted by Gasteiger charge is -2.07. The molecule has 2 heterocycles. The summed E-state index contributed by atoms with van der Waals surface area (Å²) in [5.74, 6) is 0.161. The highest BCUT2D eigenvalue weighted by Gasteiger charge is 2.08. The highest BCUT2D eigenvalue weighted by Crippen LogP contribution is 2.23. The summed E-state index contributed by atoms with van der Waals surface area (Å²) in [5.41, 5.74) is 3.86. The van der Waals surface area contributed by atoms with Crippen LogP contribution in [0.3, 0.4) is 0 Å². The minimum absolute atomic E-state index is 0.268. The van der Waals surface area contributed by atoms with E-state index in [4.69, 9.17) is 0 Å². The fraction of sp³-hybridized carbons (Fsp3) is 0.118. The second-order valence-electron chi connectivity index (χ2n) is 5.51. The predicted molar refractivity (Wildman–Crippen MR) is 88.3 cm³/mol. The van der Waals surface area contributed by atoms with Crippen LogP contribution in [0.25, 0.3) is 21.8 Å². The third kappa shape index (κ3) is 2.28. The zero-order valence-electron chi connectivity index (χ0n) is 12.7. The molecule has 23 heavy (non-hydrogen) atoms. The van der Waals surface area contributed by atoms with E-state index in [2.05, 4.69) is 25.5 Å². The van der Waals surface area contributed by atoms with Crippen molar-refractivity contribution in [2.45, 2.75) is 13.8 Å². The molecular weight excluding hydrogens is 293 g/mol. The standard InChI is InChI=1S/C17H14FN5/c1-9-14(18)6-3-11-8-19-17(21-16(9)11)20-12-4-5-13-10(2)22-23-15(13)7-12/h3-8H,1-2H3,(H,22,23)(H,19,20,21). The average molecular weight is 307 g/mol. The van der Waals surface area contributed by atoms with Gasteiger partial charge in [0.25, 0.3) is 0 Å². The Bertz CT molecular complexity index is 1040. The van der Waals surface area contributed by atoms with E-state index in [0.29, 0.717) is 17.0 Å². The number of nitrogens with one attached hydrogen (secondary N) is 2. The number of H-pyrrole nitrogens is 1. The molecule has 0 aliphatic heterocycles. The number of hydrogen-bond acceptors (Lipinski definition) is 4. The van der Waals surface area contributed by atoms with Crippen LogP contribution in [-0.2, 0) is 0 Å². The third-order valence-corrected chi connectivity index (χ3v) is 3.94. The number of fused-ring (bicyclic) bond motifs is 2. The molecule has 2 aromatic carbocycles. The van der Waals surface area contributed by atoms with Crippen LogP contribution in [0.1, 0.15) is 11.3 Å². The number of anilines is 2. The Morgan fingerprint density at radius 3 is 2.87 bits per heavy atom. The van der Waals surface area contributed by atoms with Crippen LogP contribution in [-0.4, -0.2) is 20.2 Å². The second-order valence-corrected chi connectivity index (χ2v) is 5.51. The Hall–Kier alpha value is -3.02. The van der Waals surface area contributed by atoms with Crippen molar-refractivity contribution in [3.8, 4) is 0 Å². The van der Waals surface area contributed by atoms with Gasteiger partial charge < -0.3 is 5.32 Å². The topological polar surface area (TPSA) is 66.5 Å². The summed E-state index contributed by atoms with van der Waals surface area (Å²) >= 11 is 0. The third-order valence-electron chi connectivity index (χ3n) is 3.94. The highest BCUT2D eigenvalue weighted by molar-refractivity contribution is 5.86. The van der Waals surface area contributed by atoms with Crippen molar-refractivity contribution in [1.82, 2.24) is 20.2 Å². The van der Waals surface area contributed by atoms with Crippen molar-refractivity contribution in [2.75, 3.05) is 5.32 Å². The molecule has 0 spiro atoms. The molecule has 0 fully saturated rings. The Kier molecular flexibility index (Phi) is 2.97. The molecule has 0 saturated heterocycles. The van der Waals surface area contributed by atoms with Gasteiger partial charge in [-0.15, -0.1) is 0 Å². The normalized spacial score (nSPS) is 11.3. The quantitative estimate of drug-likeness (QED) is 0.587. The lowest BCUT2D eigenvalue weighted by molar-refractivity contribution is 0.620. The maximum atomic E-state index is 13.7. The summed E-state index contributed by atoms with van der Waals surface area (Å²) in [4.78, 5) is 8.71. The first kappa shape index (κ1) is 13.6. The lowest BCUT2D eigenvalue weighted by atomic mass is 10.1. The minimum Gasteiger partial charge on any atom is -0.324 e. The molecule has 0 aliphatic carbocycles. The molecule has 0 saturated carbocycles. The van der Waals surface area contributed by atoms with Gasteiger partial charge in [-0.1, -0.05) is 0 Å². The average Bonchev–Trinajstić information content (AvgIpc) is 2.92. The van der Waals surface area contributed by atoms with E-state index < -0.39 is 0 Å². The van der Waals surface area contributed by atoms with Crippen molar-refractivity contribution in [2.24, 2.45) is 0 Å². The van der Waals surface area contributed by atoms with Gasteiger partial charge in [-0.25, -0.2) is 14.4 Å². The van der Waals surface area contributed by atoms with Gasteiger partial charge in [-0.05, 0) is 44.2 Å². The van der Waals surface area contributed by atoms with Crippen molar-refractivity contribution in [3.63, 3.8) is 0 Å². The number of benzene rings is 2. The van der Waals surface area contributed by atoms with Crippen LogP contribution in [0.2, 0.25) is 0 Å². The fourth-order valence-corrected chi connectivity index (χ4v) is 2.63. The Balaban J connectivity index is 1.74. The molecule has 6 heteroatoms. The zero-order chi connectivity index (χ0) is 16.0. The SMILES string of the molecule is Cc1[nH]nc2cc(Nc3ncc4ccc(F)c(C)c4n3)ccc12. The van der Waals surface area contributed by atoms with Gasteiger partial charge in [-0.2, -0.15) is 5.10 Å². The molecule has 0 amide bonds. The van der Waals surface area contributed by atoms with Gasteiger partial charge in [0.15, 0.2) is 0 Å². The first-order valence-corrected chi connectivity index (χ1v) is 7.25.